The number of halogens is 1. The number of hydrogen-bond donors (Lipinski definition) is 3. The SMILES string of the molecule is Cc1ccc(F)cc1NC(C)CC(N)=NO. The minimum absolute atomic E-state index is 0.0311. The molecule has 0 aromatic heterocycles. The van der Waals surface area contributed by atoms with Crippen molar-refractivity contribution in [3.05, 3.63) is 29.6 Å². The van der Waals surface area contributed by atoms with Crippen LogP contribution in [0, 0.1) is 12.7 Å². The zero-order chi connectivity index (χ0) is 12.1. The molecule has 16 heavy (non-hydrogen) atoms. The van der Waals surface area contributed by atoms with Crippen molar-refractivity contribution in [2.75, 3.05) is 5.32 Å². The van der Waals surface area contributed by atoms with Gasteiger partial charge in [0.2, 0.25) is 0 Å². The maximum atomic E-state index is 13.0. The summed E-state index contributed by atoms with van der Waals surface area (Å²) in [5.41, 5.74) is 7.05. The van der Waals surface area contributed by atoms with Crippen molar-refractivity contribution in [1.82, 2.24) is 0 Å². The Labute approximate surface area is 94.0 Å². The van der Waals surface area contributed by atoms with Crippen LogP contribution in [0.5, 0.6) is 0 Å². The Morgan fingerprint density at radius 1 is 1.62 bits per heavy atom. The van der Waals surface area contributed by atoms with Crippen molar-refractivity contribution in [1.29, 1.82) is 0 Å². The van der Waals surface area contributed by atoms with Crippen molar-refractivity contribution >= 4 is 11.5 Å². The maximum absolute atomic E-state index is 13.0. The molecule has 88 valence electrons. The summed E-state index contributed by atoms with van der Waals surface area (Å²) in [5, 5.41) is 14.4. The number of rotatable bonds is 4. The molecule has 0 aliphatic carbocycles. The molecule has 0 aliphatic heterocycles. The fraction of sp³-hybridized carbons (Fsp3) is 0.364. The molecule has 0 radical (unpaired) electrons. The quantitative estimate of drug-likeness (QED) is 0.318. The number of nitrogens with one attached hydrogen (secondary N) is 1. The van der Waals surface area contributed by atoms with Crippen LogP contribution in [-0.4, -0.2) is 17.1 Å². The topological polar surface area (TPSA) is 70.6 Å². The Hall–Kier alpha value is -1.78. The van der Waals surface area contributed by atoms with Gasteiger partial charge in [0.05, 0.1) is 0 Å². The summed E-state index contributed by atoms with van der Waals surface area (Å²) < 4.78 is 13.0. The fourth-order valence-electron chi connectivity index (χ4n) is 1.42. The standard InChI is InChI=1S/C11H16FN3O/c1-7-3-4-9(12)6-10(7)14-8(2)5-11(13)15-16/h3-4,6,8,14,16H,5H2,1-2H3,(H2,13,15). The summed E-state index contributed by atoms with van der Waals surface area (Å²) in [6.07, 6.45) is 0.395. The van der Waals surface area contributed by atoms with Gasteiger partial charge in [-0.3, -0.25) is 0 Å². The smallest absolute Gasteiger partial charge is 0.141 e. The molecule has 0 aliphatic rings. The van der Waals surface area contributed by atoms with Gasteiger partial charge in [0.15, 0.2) is 0 Å². The first-order valence-electron chi connectivity index (χ1n) is 5.02. The number of amidine groups is 1. The van der Waals surface area contributed by atoms with E-state index in [1.165, 1.54) is 12.1 Å². The molecule has 1 atom stereocenters. The van der Waals surface area contributed by atoms with E-state index in [9.17, 15) is 4.39 Å². The van der Waals surface area contributed by atoms with Gasteiger partial charge in [-0.05, 0) is 31.5 Å². The Bertz CT molecular complexity index is 393. The maximum Gasteiger partial charge on any atom is 0.141 e. The predicted molar refractivity (Wildman–Crippen MR) is 62.2 cm³/mol. The highest BCUT2D eigenvalue weighted by molar-refractivity contribution is 5.80. The third-order valence-electron chi connectivity index (χ3n) is 2.25. The first-order chi connectivity index (χ1) is 7.52. The molecule has 1 rings (SSSR count). The van der Waals surface area contributed by atoms with Crippen LogP contribution in [0.4, 0.5) is 10.1 Å². The van der Waals surface area contributed by atoms with Crippen LogP contribution in [0.25, 0.3) is 0 Å². The monoisotopic (exact) mass is 225 g/mol. The van der Waals surface area contributed by atoms with E-state index in [4.69, 9.17) is 10.9 Å². The Morgan fingerprint density at radius 3 is 2.94 bits per heavy atom. The first-order valence-corrected chi connectivity index (χ1v) is 5.02. The van der Waals surface area contributed by atoms with Crippen LogP contribution in [0.2, 0.25) is 0 Å². The van der Waals surface area contributed by atoms with Crippen LogP contribution in [0.3, 0.4) is 0 Å². The number of aryl methyl sites for hydroxylation is 1. The highest BCUT2D eigenvalue weighted by Gasteiger charge is 2.07. The fourth-order valence-corrected chi connectivity index (χ4v) is 1.42. The van der Waals surface area contributed by atoms with Crippen LogP contribution in [0.15, 0.2) is 23.4 Å². The lowest BCUT2D eigenvalue weighted by Crippen LogP contribution is -2.24. The highest BCUT2D eigenvalue weighted by Crippen LogP contribution is 2.17. The van der Waals surface area contributed by atoms with E-state index in [0.29, 0.717) is 6.42 Å². The van der Waals surface area contributed by atoms with E-state index in [2.05, 4.69) is 10.5 Å². The molecule has 5 heteroatoms. The summed E-state index contributed by atoms with van der Waals surface area (Å²) in [4.78, 5) is 0. The second-order valence-corrected chi connectivity index (χ2v) is 3.80. The van der Waals surface area contributed by atoms with Crippen LogP contribution >= 0.6 is 0 Å². The van der Waals surface area contributed by atoms with Gasteiger partial charge >= 0.3 is 0 Å². The number of benzene rings is 1. The van der Waals surface area contributed by atoms with Gasteiger partial charge < -0.3 is 16.3 Å². The number of hydrogen-bond acceptors (Lipinski definition) is 3. The molecule has 0 bridgehead atoms. The highest BCUT2D eigenvalue weighted by atomic mass is 19.1. The second-order valence-electron chi connectivity index (χ2n) is 3.80. The summed E-state index contributed by atoms with van der Waals surface area (Å²) in [6, 6.07) is 4.51. The average molecular weight is 225 g/mol. The van der Waals surface area contributed by atoms with Crippen molar-refractivity contribution in [2.45, 2.75) is 26.3 Å². The molecule has 0 saturated heterocycles. The third-order valence-corrected chi connectivity index (χ3v) is 2.25. The molecule has 4 N–H and O–H groups in total. The van der Waals surface area contributed by atoms with E-state index >= 15 is 0 Å². The number of nitrogens with zero attached hydrogens (tertiary/aromatic N) is 1. The minimum Gasteiger partial charge on any atom is -0.409 e. The molecule has 0 heterocycles. The zero-order valence-corrected chi connectivity index (χ0v) is 9.37. The number of oxime groups is 1. The lowest BCUT2D eigenvalue weighted by molar-refractivity contribution is 0.316. The molecular weight excluding hydrogens is 209 g/mol. The largest absolute Gasteiger partial charge is 0.409 e. The molecule has 4 nitrogen and oxygen atoms in total. The third kappa shape index (κ3) is 3.42. The molecule has 0 fully saturated rings. The second kappa shape index (κ2) is 5.34. The Balaban J connectivity index is 2.69. The summed E-state index contributed by atoms with van der Waals surface area (Å²) in [7, 11) is 0. The molecule has 0 spiro atoms. The van der Waals surface area contributed by atoms with E-state index < -0.39 is 0 Å². The van der Waals surface area contributed by atoms with Crippen molar-refractivity contribution < 1.29 is 9.60 Å². The van der Waals surface area contributed by atoms with E-state index in [-0.39, 0.29) is 17.7 Å². The van der Waals surface area contributed by atoms with Gasteiger partial charge in [0, 0.05) is 18.2 Å². The van der Waals surface area contributed by atoms with E-state index in [0.717, 1.165) is 11.3 Å². The summed E-state index contributed by atoms with van der Waals surface area (Å²) in [5.74, 6) is -0.141. The van der Waals surface area contributed by atoms with Crippen molar-refractivity contribution in [3.8, 4) is 0 Å². The van der Waals surface area contributed by atoms with Crippen molar-refractivity contribution in [3.63, 3.8) is 0 Å². The van der Waals surface area contributed by atoms with Gasteiger partial charge in [0.25, 0.3) is 0 Å². The average Bonchev–Trinajstić information content (AvgIpc) is 2.23. The lowest BCUT2D eigenvalue weighted by atomic mass is 10.1. The summed E-state index contributed by atoms with van der Waals surface area (Å²) in [6.45, 7) is 3.76. The molecule has 1 unspecified atom stereocenters. The van der Waals surface area contributed by atoms with Gasteiger partial charge in [0.1, 0.15) is 11.7 Å². The molecule has 1 aromatic carbocycles. The molecule has 0 amide bonds. The van der Waals surface area contributed by atoms with Crippen LogP contribution in [0.1, 0.15) is 18.9 Å². The van der Waals surface area contributed by atoms with Gasteiger partial charge in [-0.15, -0.1) is 0 Å². The Morgan fingerprint density at radius 2 is 2.31 bits per heavy atom. The lowest BCUT2D eigenvalue weighted by Gasteiger charge is -2.16. The van der Waals surface area contributed by atoms with E-state index in [1.807, 2.05) is 13.8 Å². The predicted octanol–water partition coefficient (Wildman–Crippen LogP) is 2.07. The number of nitrogens with two attached hydrogens (primary N) is 1. The Kier molecular flexibility index (Phi) is 4.10. The summed E-state index contributed by atoms with van der Waals surface area (Å²) >= 11 is 0. The van der Waals surface area contributed by atoms with Crippen LogP contribution in [-0.2, 0) is 0 Å². The van der Waals surface area contributed by atoms with Crippen molar-refractivity contribution in [2.24, 2.45) is 10.9 Å². The first kappa shape index (κ1) is 12.3. The zero-order valence-electron chi connectivity index (χ0n) is 9.37. The molecule has 0 saturated carbocycles. The van der Waals surface area contributed by atoms with Gasteiger partial charge in [-0.25, -0.2) is 4.39 Å². The normalized spacial score (nSPS) is 13.6. The van der Waals surface area contributed by atoms with Gasteiger partial charge in [-0.2, -0.15) is 0 Å². The minimum atomic E-state index is -0.288. The van der Waals surface area contributed by atoms with Gasteiger partial charge in [-0.1, -0.05) is 11.2 Å². The number of anilines is 1. The van der Waals surface area contributed by atoms with E-state index in [1.54, 1.807) is 6.07 Å². The van der Waals surface area contributed by atoms with Crippen LogP contribution < -0.4 is 11.1 Å². The molecular formula is C11H16FN3O. The molecule has 1 aromatic rings.